The van der Waals surface area contributed by atoms with Gasteiger partial charge in [-0.15, -0.1) is 0 Å². The molecule has 0 atom stereocenters. The van der Waals surface area contributed by atoms with E-state index in [-0.39, 0.29) is 12.6 Å². The molecular formula is C16H17BrO3. The molecule has 106 valence electrons. The van der Waals surface area contributed by atoms with Crippen LogP contribution in [0.5, 0.6) is 5.75 Å². The van der Waals surface area contributed by atoms with Crippen LogP contribution in [0, 0.1) is 0 Å². The Labute approximate surface area is 127 Å². The number of benzene rings is 2. The Bertz CT molecular complexity index is 629. The molecule has 2 aromatic rings. The zero-order valence-electron chi connectivity index (χ0n) is 11.8. The topological polar surface area (TPSA) is 35.5 Å². The molecule has 0 saturated heterocycles. The fourth-order valence-corrected chi connectivity index (χ4v) is 2.18. The summed E-state index contributed by atoms with van der Waals surface area (Å²) < 4.78 is 11.7. The lowest BCUT2D eigenvalue weighted by Gasteiger charge is -2.19. The normalized spacial score (nSPS) is 11.4. The van der Waals surface area contributed by atoms with E-state index in [4.69, 9.17) is 9.47 Å². The lowest BCUT2D eigenvalue weighted by molar-refractivity contribution is -0.157. The first kappa shape index (κ1) is 14.9. The minimum atomic E-state index is -0.490. The van der Waals surface area contributed by atoms with Crippen molar-refractivity contribution in [2.45, 2.75) is 26.4 Å². The van der Waals surface area contributed by atoms with E-state index in [1.165, 1.54) is 0 Å². The Morgan fingerprint density at radius 2 is 1.75 bits per heavy atom. The Morgan fingerprint density at radius 3 is 2.45 bits per heavy atom. The van der Waals surface area contributed by atoms with Gasteiger partial charge in [-0.1, -0.05) is 28.1 Å². The van der Waals surface area contributed by atoms with Crippen LogP contribution in [0.2, 0.25) is 0 Å². The van der Waals surface area contributed by atoms with E-state index in [1.807, 2.05) is 57.2 Å². The SMILES string of the molecule is CC(C)(C)OC(=O)COc1ccc2cc(Br)ccc2c1. The highest BCUT2D eigenvalue weighted by atomic mass is 79.9. The van der Waals surface area contributed by atoms with Crippen LogP contribution in [0.25, 0.3) is 10.8 Å². The maximum absolute atomic E-state index is 11.6. The molecule has 0 aliphatic rings. The highest BCUT2D eigenvalue weighted by molar-refractivity contribution is 9.10. The van der Waals surface area contributed by atoms with E-state index in [0.29, 0.717) is 5.75 Å². The fourth-order valence-electron chi connectivity index (χ4n) is 1.80. The second-order valence-corrected chi connectivity index (χ2v) is 6.44. The predicted octanol–water partition coefficient (Wildman–Crippen LogP) is 4.32. The van der Waals surface area contributed by atoms with Gasteiger partial charge in [0.2, 0.25) is 0 Å². The number of rotatable bonds is 3. The molecule has 20 heavy (non-hydrogen) atoms. The van der Waals surface area contributed by atoms with E-state index in [1.54, 1.807) is 0 Å². The van der Waals surface area contributed by atoms with Crippen molar-refractivity contribution in [3.8, 4) is 5.75 Å². The summed E-state index contributed by atoms with van der Waals surface area (Å²) >= 11 is 3.44. The molecule has 2 rings (SSSR count). The third kappa shape index (κ3) is 4.23. The highest BCUT2D eigenvalue weighted by Crippen LogP contribution is 2.24. The van der Waals surface area contributed by atoms with Crippen molar-refractivity contribution in [1.82, 2.24) is 0 Å². The third-order valence-electron chi connectivity index (χ3n) is 2.55. The third-order valence-corrected chi connectivity index (χ3v) is 3.04. The molecule has 3 nitrogen and oxygen atoms in total. The first-order valence-electron chi connectivity index (χ1n) is 6.37. The molecule has 0 unspecified atom stereocenters. The molecule has 0 fully saturated rings. The Morgan fingerprint density at radius 1 is 1.10 bits per heavy atom. The lowest BCUT2D eigenvalue weighted by atomic mass is 10.1. The zero-order chi connectivity index (χ0) is 14.8. The van der Waals surface area contributed by atoms with Crippen molar-refractivity contribution in [3.63, 3.8) is 0 Å². The minimum Gasteiger partial charge on any atom is -0.482 e. The van der Waals surface area contributed by atoms with E-state index in [9.17, 15) is 4.79 Å². The van der Waals surface area contributed by atoms with Gasteiger partial charge in [0.15, 0.2) is 6.61 Å². The molecule has 4 heteroatoms. The number of hydrogen-bond acceptors (Lipinski definition) is 3. The first-order chi connectivity index (χ1) is 9.33. The van der Waals surface area contributed by atoms with Crippen molar-refractivity contribution in [2.75, 3.05) is 6.61 Å². The van der Waals surface area contributed by atoms with Crippen molar-refractivity contribution in [1.29, 1.82) is 0 Å². The summed E-state index contributed by atoms with van der Waals surface area (Å²) in [5, 5.41) is 2.18. The number of carbonyl (C=O) groups is 1. The van der Waals surface area contributed by atoms with Gasteiger partial charge in [-0.25, -0.2) is 4.79 Å². The smallest absolute Gasteiger partial charge is 0.344 e. The monoisotopic (exact) mass is 336 g/mol. The molecule has 0 aromatic heterocycles. The molecule has 0 heterocycles. The van der Waals surface area contributed by atoms with Gasteiger partial charge in [-0.3, -0.25) is 0 Å². The lowest BCUT2D eigenvalue weighted by Crippen LogP contribution is -2.27. The van der Waals surface area contributed by atoms with Crippen LogP contribution in [0.1, 0.15) is 20.8 Å². The van der Waals surface area contributed by atoms with Crippen LogP contribution in [0.3, 0.4) is 0 Å². The van der Waals surface area contributed by atoms with Gasteiger partial charge in [-0.05, 0) is 55.8 Å². The molecule has 0 bridgehead atoms. The summed E-state index contributed by atoms with van der Waals surface area (Å²) in [5.74, 6) is 0.291. The molecule has 0 aliphatic heterocycles. The number of hydrogen-bond donors (Lipinski definition) is 0. The van der Waals surface area contributed by atoms with Crippen LogP contribution in [-0.4, -0.2) is 18.2 Å². The Hall–Kier alpha value is -1.55. The number of ether oxygens (including phenoxy) is 2. The largest absolute Gasteiger partial charge is 0.482 e. The average molecular weight is 337 g/mol. The van der Waals surface area contributed by atoms with Crippen molar-refractivity contribution >= 4 is 32.7 Å². The summed E-state index contributed by atoms with van der Waals surface area (Å²) in [5.41, 5.74) is -0.490. The molecule has 0 amide bonds. The maximum Gasteiger partial charge on any atom is 0.344 e. The number of fused-ring (bicyclic) bond motifs is 1. The maximum atomic E-state index is 11.6. The molecule has 0 radical (unpaired) electrons. The summed E-state index contributed by atoms with van der Waals surface area (Å²) in [6.45, 7) is 5.41. The van der Waals surface area contributed by atoms with Gasteiger partial charge in [0.1, 0.15) is 11.4 Å². The van der Waals surface area contributed by atoms with Gasteiger partial charge >= 0.3 is 5.97 Å². The number of carbonyl (C=O) groups excluding carboxylic acids is 1. The number of esters is 1. The van der Waals surface area contributed by atoms with Crippen LogP contribution < -0.4 is 4.74 Å². The fraction of sp³-hybridized carbons (Fsp3) is 0.312. The molecule has 2 aromatic carbocycles. The Kier molecular flexibility index (Phi) is 4.33. The molecular weight excluding hydrogens is 320 g/mol. The van der Waals surface area contributed by atoms with Crippen molar-refractivity contribution in [2.24, 2.45) is 0 Å². The van der Waals surface area contributed by atoms with Gasteiger partial charge < -0.3 is 9.47 Å². The number of halogens is 1. The summed E-state index contributed by atoms with van der Waals surface area (Å²) in [4.78, 5) is 11.6. The van der Waals surface area contributed by atoms with Crippen molar-refractivity contribution < 1.29 is 14.3 Å². The van der Waals surface area contributed by atoms with Gasteiger partial charge in [0.25, 0.3) is 0 Å². The van der Waals surface area contributed by atoms with Crippen LogP contribution in [-0.2, 0) is 9.53 Å². The predicted molar refractivity (Wildman–Crippen MR) is 83.0 cm³/mol. The van der Waals surface area contributed by atoms with Gasteiger partial charge in [0.05, 0.1) is 0 Å². The van der Waals surface area contributed by atoms with E-state index in [2.05, 4.69) is 15.9 Å². The van der Waals surface area contributed by atoms with Gasteiger partial charge in [0, 0.05) is 4.47 Å². The van der Waals surface area contributed by atoms with Crippen molar-refractivity contribution in [3.05, 3.63) is 40.9 Å². The molecule has 0 spiro atoms. The quantitative estimate of drug-likeness (QED) is 0.783. The van der Waals surface area contributed by atoms with E-state index < -0.39 is 5.60 Å². The summed E-state index contributed by atoms with van der Waals surface area (Å²) in [6.07, 6.45) is 0. The summed E-state index contributed by atoms with van der Waals surface area (Å²) in [6, 6.07) is 11.7. The molecule has 0 N–H and O–H groups in total. The Balaban J connectivity index is 2.03. The second kappa shape index (κ2) is 5.83. The second-order valence-electron chi connectivity index (χ2n) is 5.53. The average Bonchev–Trinajstić information content (AvgIpc) is 2.34. The highest BCUT2D eigenvalue weighted by Gasteiger charge is 2.16. The van der Waals surface area contributed by atoms with E-state index in [0.717, 1.165) is 15.2 Å². The van der Waals surface area contributed by atoms with Crippen LogP contribution in [0.15, 0.2) is 40.9 Å². The molecule has 0 aliphatic carbocycles. The van der Waals surface area contributed by atoms with Crippen LogP contribution in [0.4, 0.5) is 0 Å². The molecule has 0 saturated carbocycles. The zero-order valence-corrected chi connectivity index (χ0v) is 13.4. The minimum absolute atomic E-state index is 0.0840. The van der Waals surface area contributed by atoms with Crippen LogP contribution >= 0.6 is 15.9 Å². The standard InChI is InChI=1S/C16H17BrO3/c1-16(2,3)20-15(18)10-19-14-7-5-11-8-13(17)6-4-12(11)9-14/h4-9H,10H2,1-3H3. The van der Waals surface area contributed by atoms with Gasteiger partial charge in [-0.2, -0.15) is 0 Å². The summed E-state index contributed by atoms with van der Waals surface area (Å²) in [7, 11) is 0. The first-order valence-corrected chi connectivity index (χ1v) is 7.17. The van der Waals surface area contributed by atoms with E-state index >= 15 is 0 Å².